The fraction of sp³-hybridized carbons (Fsp3) is 0.235. The molecule has 2 aromatic carbocycles. The van der Waals surface area contributed by atoms with E-state index in [4.69, 9.17) is 5.73 Å². The van der Waals surface area contributed by atoms with Crippen molar-refractivity contribution in [3.05, 3.63) is 64.5 Å². The number of halogens is 1. The molecule has 1 amide bonds. The summed E-state index contributed by atoms with van der Waals surface area (Å²) in [7, 11) is 0. The molecule has 0 saturated carbocycles. The normalized spacial score (nSPS) is 12.0. The van der Waals surface area contributed by atoms with E-state index in [9.17, 15) is 9.18 Å². The number of hydrogen-bond donors (Lipinski definition) is 2. The lowest BCUT2D eigenvalue weighted by molar-refractivity contribution is 0.0936. The molecule has 0 aliphatic rings. The molecule has 2 rings (SSSR count). The van der Waals surface area contributed by atoms with Crippen LogP contribution in [0.5, 0.6) is 0 Å². The van der Waals surface area contributed by atoms with E-state index in [0.717, 1.165) is 22.8 Å². The van der Waals surface area contributed by atoms with Crippen LogP contribution < -0.4 is 11.1 Å². The molecule has 3 N–H and O–H groups in total. The highest BCUT2D eigenvalue weighted by molar-refractivity contribution is 5.95. The van der Waals surface area contributed by atoms with Crippen LogP contribution in [0.1, 0.15) is 40.0 Å². The fourth-order valence-corrected chi connectivity index (χ4v) is 2.29. The predicted molar refractivity (Wildman–Crippen MR) is 82.6 cm³/mol. The van der Waals surface area contributed by atoms with Crippen LogP contribution in [0.15, 0.2) is 36.4 Å². The summed E-state index contributed by atoms with van der Waals surface area (Å²) in [6.45, 7) is 5.87. The first-order valence-electron chi connectivity index (χ1n) is 6.81. The molecule has 0 saturated heterocycles. The highest BCUT2D eigenvalue weighted by Crippen LogP contribution is 2.20. The van der Waals surface area contributed by atoms with Gasteiger partial charge in [-0.3, -0.25) is 4.79 Å². The quantitative estimate of drug-likeness (QED) is 0.848. The van der Waals surface area contributed by atoms with Crippen molar-refractivity contribution in [3.63, 3.8) is 0 Å². The van der Waals surface area contributed by atoms with Gasteiger partial charge in [-0.25, -0.2) is 4.39 Å². The number of carbonyl (C=O) groups excluding carboxylic acids is 1. The Kier molecular flexibility index (Phi) is 4.26. The van der Waals surface area contributed by atoms with Crippen LogP contribution in [0.25, 0.3) is 0 Å². The van der Waals surface area contributed by atoms with Crippen molar-refractivity contribution in [3.8, 4) is 0 Å². The third-order valence-corrected chi connectivity index (χ3v) is 3.49. The zero-order chi connectivity index (χ0) is 15.6. The highest BCUT2D eigenvalue weighted by Gasteiger charge is 2.16. The van der Waals surface area contributed by atoms with Crippen LogP contribution in [0, 0.1) is 19.7 Å². The standard InChI is InChI=1S/C17H19FN2O/c1-10-4-5-11(2)15(8-10)12(3)20-17(21)14-7-6-13(19)9-16(14)18/h4-9,12H,19H2,1-3H3,(H,20,21). The highest BCUT2D eigenvalue weighted by atomic mass is 19.1. The van der Waals surface area contributed by atoms with Crippen molar-refractivity contribution in [1.29, 1.82) is 0 Å². The van der Waals surface area contributed by atoms with E-state index in [0.29, 0.717) is 5.69 Å². The smallest absolute Gasteiger partial charge is 0.254 e. The molecule has 3 nitrogen and oxygen atoms in total. The van der Waals surface area contributed by atoms with E-state index in [2.05, 4.69) is 5.32 Å². The third-order valence-electron chi connectivity index (χ3n) is 3.49. The molecule has 0 aliphatic heterocycles. The number of amides is 1. The molecule has 2 aromatic rings. The van der Waals surface area contributed by atoms with Gasteiger partial charge in [0.25, 0.3) is 5.91 Å². The molecule has 0 heterocycles. The lowest BCUT2D eigenvalue weighted by Gasteiger charge is -2.17. The maximum Gasteiger partial charge on any atom is 0.254 e. The second kappa shape index (κ2) is 5.95. The van der Waals surface area contributed by atoms with Gasteiger partial charge in [-0.1, -0.05) is 23.8 Å². The number of anilines is 1. The van der Waals surface area contributed by atoms with Crippen molar-refractivity contribution in [2.75, 3.05) is 5.73 Å². The Bertz CT molecular complexity index is 682. The summed E-state index contributed by atoms with van der Waals surface area (Å²) < 4.78 is 13.8. The summed E-state index contributed by atoms with van der Waals surface area (Å²) in [6.07, 6.45) is 0. The fourth-order valence-electron chi connectivity index (χ4n) is 2.29. The molecule has 0 spiro atoms. The number of nitrogens with two attached hydrogens (primary N) is 1. The SMILES string of the molecule is Cc1ccc(C)c(C(C)NC(=O)c2ccc(N)cc2F)c1. The lowest BCUT2D eigenvalue weighted by atomic mass is 9.99. The molecule has 0 aliphatic carbocycles. The van der Waals surface area contributed by atoms with Gasteiger partial charge in [-0.15, -0.1) is 0 Å². The molecule has 1 unspecified atom stereocenters. The number of hydrogen-bond acceptors (Lipinski definition) is 2. The molecule has 0 aromatic heterocycles. The minimum absolute atomic E-state index is 0.00126. The van der Waals surface area contributed by atoms with E-state index in [1.54, 1.807) is 0 Å². The Morgan fingerprint density at radius 1 is 1.19 bits per heavy atom. The summed E-state index contributed by atoms with van der Waals surface area (Å²) in [5, 5.41) is 2.82. The average Bonchev–Trinajstić information content (AvgIpc) is 2.41. The molecule has 4 heteroatoms. The van der Waals surface area contributed by atoms with Crippen LogP contribution >= 0.6 is 0 Å². The molecular formula is C17H19FN2O. The minimum atomic E-state index is -0.610. The zero-order valence-corrected chi connectivity index (χ0v) is 12.4. The molecule has 110 valence electrons. The first kappa shape index (κ1) is 15.0. The van der Waals surface area contributed by atoms with Gasteiger partial charge in [0.2, 0.25) is 0 Å². The van der Waals surface area contributed by atoms with E-state index in [1.165, 1.54) is 12.1 Å². The summed E-state index contributed by atoms with van der Waals surface area (Å²) in [4.78, 5) is 12.2. The van der Waals surface area contributed by atoms with E-state index >= 15 is 0 Å². The van der Waals surface area contributed by atoms with Gasteiger partial charge in [0.1, 0.15) is 5.82 Å². The second-order valence-electron chi connectivity index (χ2n) is 5.29. The van der Waals surface area contributed by atoms with Gasteiger partial charge >= 0.3 is 0 Å². The van der Waals surface area contributed by atoms with Crippen LogP contribution in [0.3, 0.4) is 0 Å². The lowest BCUT2D eigenvalue weighted by Crippen LogP contribution is -2.28. The molecule has 0 radical (unpaired) electrons. The molecule has 0 fully saturated rings. The number of aryl methyl sites for hydroxylation is 2. The molecule has 0 bridgehead atoms. The maximum absolute atomic E-state index is 13.8. The Morgan fingerprint density at radius 2 is 1.90 bits per heavy atom. The molecule has 1 atom stereocenters. The van der Waals surface area contributed by atoms with Crippen molar-refractivity contribution >= 4 is 11.6 Å². The van der Waals surface area contributed by atoms with Crippen molar-refractivity contribution < 1.29 is 9.18 Å². The Morgan fingerprint density at radius 3 is 2.57 bits per heavy atom. The predicted octanol–water partition coefficient (Wildman–Crippen LogP) is 3.52. The summed E-state index contributed by atoms with van der Waals surface area (Å²) in [5.74, 6) is -1.05. The Labute approximate surface area is 124 Å². The van der Waals surface area contributed by atoms with E-state index in [1.807, 2.05) is 39.0 Å². The largest absolute Gasteiger partial charge is 0.399 e. The average molecular weight is 286 g/mol. The number of rotatable bonds is 3. The van der Waals surface area contributed by atoms with Gasteiger partial charge < -0.3 is 11.1 Å². The summed E-state index contributed by atoms with van der Waals surface area (Å²) >= 11 is 0. The van der Waals surface area contributed by atoms with Crippen molar-refractivity contribution in [2.45, 2.75) is 26.8 Å². The van der Waals surface area contributed by atoms with Gasteiger partial charge in [-0.05, 0) is 50.1 Å². The second-order valence-corrected chi connectivity index (χ2v) is 5.29. The number of benzene rings is 2. The zero-order valence-electron chi connectivity index (χ0n) is 12.4. The first-order valence-corrected chi connectivity index (χ1v) is 6.81. The molecular weight excluding hydrogens is 267 g/mol. The number of carbonyl (C=O) groups is 1. The van der Waals surface area contributed by atoms with Crippen LogP contribution in [-0.4, -0.2) is 5.91 Å². The summed E-state index contributed by atoms with van der Waals surface area (Å²) in [5.41, 5.74) is 9.02. The Balaban J connectivity index is 2.20. The number of nitrogen functional groups attached to an aromatic ring is 1. The maximum atomic E-state index is 13.8. The van der Waals surface area contributed by atoms with Crippen LogP contribution in [0.2, 0.25) is 0 Å². The first-order chi connectivity index (χ1) is 9.88. The summed E-state index contributed by atoms with van der Waals surface area (Å²) in [6, 6.07) is 9.92. The van der Waals surface area contributed by atoms with E-state index < -0.39 is 11.7 Å². The van der Waals surface area contributed by atoms with Gasteiger partial charge in [0.15, 0.2) is 0 Å². The van der Waals surface area contributed by atoms with Crippen LogP contribution in [0.4, 0.5) is 10.1 Å². The number of nitrogens with one attached hydrogen (secondary N) is 1. The minimum Gasteiger partial charge on any atom is -0.399 e. The van der Waals surface area contributed by atoms with Gasteiger partial charge in [0.05, 0.1) is 11.6 Å². The monoisotopic (exact) mass is 286 g/mol. The van der Waals surface area contributed by atoms with Gasteiger partial charge in [-0.2, -0.15) is 0 Å². The van der Waals surface area contributed by atoms with E-state index in [-0.39, 0.29) is 11.6 Å². The van der Waals surface area contributed by atoms with Crippen molar-refractivity contribution in [2.24, 2.45) is 0 Å². The van der Waals surface area contributed by atoms with Crippen molar-refractivity contribution in [1.82, 2.24) is 5.32 Å². The Hall–Kier alpha value is -2.36. The van der Waals surface area contributed by atoms with Gasteiger partial charge in [0, 0.05) is 5.69 Å². The molecule has 21 heavy (non-hydrogen) atoms. The third kappa shape index (κ3) is 3.40. The topological polar surface area (TPSA) is 55.1 Å². The van der Waals surface area contributed by atoms with Crippen LogP contribution in [-0.2, 0) is 0 Å².